The first-order chi connectivity index (χ1) is 17.7. The van der Waals surface area contributed by atoms with Crippen molar-refractivity contribution in [1.82, 2.24) is 19.9 Å². The van der Waals surface area contributed by atoms with Crippen LogP contribution >= 0.6 is 11.3 Å². The number of hydrogen-bond donors (Lipinski definition) is 2. The van der Waals surface area contributed by atoms with Crippen molar-refractivity contribution in [3.8, 4) is 0 Å². The first-order valence-electron chi connectivity index (χ1n) is 11.9. The lowest BCUT2D eigenvalue weighted by Crippen LogP contribution is -2.39. The largest absolute Gasteiger partial charge is 0.369 e. The van der Waals surface area contributed by atoms with Crippen LogP contribution in [0.1, 0.15) is 12.0 Å². The number of benzene rings is 3. The van der Waals surface area contributed by atoms with Crippen LogP contribution in [0.25, 0.3) is 10.2 Å². The highest BCUT2D eigenvalue weighted by Gasteiger charge is 2.30. The Labute approximate surface area is 212 Å². The third-order valence-electron chi connectivity index (χ3n) is 6.41. The fourth-order valence-corrected chi connectivity index (χ4v) is 5.36. The smallest absolute Gasteiger partial charge is 0.351 e. The summed E-state index contributed by atoms with van der Waals surface area (Å²) in [6.07, 6.45) is 0.947. The van der Waals surface area contributed by atoms with E-state index in [4.69, 9.17) is 4.98 Å². The molecule has 1 atom stereocenters. The third-order valence-corrected chi connectivity index (χ3v) is 7.20. The fraction of sp³-hybridized carbons (Fsp3) is 0.185. The first kappa shape index (κ1) is 22.2. The van der Waals surface area contributed by atoms with Crippen LogP contribution < -0.4 is 20.8 Å². The molecule has 0 bridgehead atoms. The van der Waals surface area contributed by atoms with Crippen LogP contribution in [0.3, 0.4) is 0 Å². The number of fused-ring (bicyclic) bond motifs is 1. The molecule has 1 unspecified atom stereocenters. The minimum atomic E-state index is -0.433. The number of aromatic nitrogens is 4. The van der Waals surface area contributed by atoms with Crippen molar-refractivity contribution >= 4 is 44.8 Å². The van der Waals surface area contributed by atoms with Gasteiger partial charge < -0.3 is 15.1 Å². The zero-order valence-electron chi connectivity index (χ0n) is 19.5. The maximum atomic E-state index is 12.6. The van der Waals surface area contributed by atoms with Crippen molar-refractivity contribution in [2.45, 2.75) is 19.0 Å². The van der Waals surface area contributed by atoms with Crippen molar-refractivity contribution in [3.05, 3.63) is 100 Å². The van der Waals surface area contributed by atoms with Gasteiger partial charge >= 0.3 is 5.69 Å². The molecule has 0 saturated carbocycles. The molecule has 1 aliphatic rings. The molecule has 0 radical (unpaired) electrons. The average molecular weight is 496 g/mol. The van der Waals surface area contributed by atoms with Crippen LogP contribution in [0.4, 0.5) is 23.3 Å². The average Bonchev–Trinajstić information content (AvgIpc) is 3.58. The summed E-state index contributed by atoms with van der Waals surface area (Å²) < 4.78 is 1.06. The van der Waals surface area contributed by atoms with E-state index >= 15 is 0 Å². The van der Waals surface area contributed by atoms with E-state index in [-0.39, 0.29) is 6.04 Å². The zero-order chi connectivity index (χ0) is 24.3. The molecule has 180 valence electrons. The van der Waals surface area contributed by atoms with E-state index in [0.29, 0.717) is 18.4 Å². The molecule has 8 nitrogen and oxygen atoms in total. The Morgan fingerprint density at radius 2 is 1.83 bits per heavy atom. The molecule has 0 aliphatic carbocycles. The summed E-state index contributed by atoms with van der Waals surface area (Å²) in [7, 11) is 0. The van der Waals surface area contributed by atoms with Gasteiger partial charge in [-0.2, -0.15) is 9.97 Å². The van der Waals surface area contributed by atoms with Gasteiger partial charge in [-0.05, 0) is 42.3 Å². The van der Waals surface area contributed by atoms with Crippen LogP contribution in [-0.2, 0) is 6.54 Å². The molecule has 3 aromatic carbocycles. The van der Waals surface area contributed by atoms with Gasteiger partial charge in [-0.25, -0.2) is 9.78 Å². The molecule has 5 aromatic rings. The van der Waals surface area contributed by atoms with Gasteiger partial charge in [0.2, 0.25) is 11.9 Å². The van der Waals surface area contributed by atoms with Gasteiger partial charge in [0.1, 0.15) is 0 Å². The highest BCUT2D eigenvalue weighted by Crippen LogP contribution is 2.27. The minimum Gasteiger partial charge on any atom is -0.369 e. The summed E-state index contributed by atoms with van der Waals surface area (Å²) in [5, 5.41) is 3.25. The number of para-hydroxylation sites is 1. The van der Waals surface area contributed by atoms with E-state index in [9.17, 15) is 4.79 Å². The SMILES string of the molecule is O=c1nc(N(Cc2ccccc2)C2CCN(c3ccccc3)C2)nc(Nc2ccc3ncsc3c2)[nH]1. The maximum Gasteiger partial charge on any atom is 0.351 e. The molecule has 0 spiro atoms. The summed E-state index contributed by atoms with van der Waals surface area (Å²) in [5.74, 6) is 0.786. The van der Waals surface area contributed by atoms with Crippen molar-refractivity contribution < 1.29 is 0 Å². The number of aromatic amines is 1. The van der Waals surface area contributed by atoms with Crippen LogP contribution in [0, 0.1) is 0 Å². The summed E-state index contributed by atoms with van der Waals surface area (Å²) >= 11 is 1.57. The summed E-state index contributed by atoms with van der Waals surface area (Å²) in [4.78, 5) is 33.3. The van der Waals surface area contributed by atoms with Gasteiger partial charge in [-0.15, -0.1) is 11.3 Å². The normalized spacial score (nSPS) is 15.3. The van der Waals surface area contributed by atoms with Crippen molar-refractivity contribution in [2.24, 2.45) is 0 Å². The Morgan fingerprint density at radius 3 is 2.67 bits per heavy atom. The molecule has 6 rings (SSSR count). The van der Waals surface area contributed by atoms with Gasteiger partial charge in [-0.1, -0.05) is 48.5 Å². The maximum absolute atomic E-state index is 12.6. The molecular formula is C27H25N7OS. The second-order valence-electron chi connectivity index (χ2n) is 8.80. The van der Waals surface area contributed by atoms with Crippen LogP contribution in [0.2, 0.25) is 0 Å². The van der Waals surface area contributed by atoms with E-state index in [2.05, 4.69) is 66.5 Å². The van der Waals surface area contributed by atoms with E-state index < -0.39 is 5.69 Å². The minimum absolute atomic E-state index is 0.161. The Kier molecular flexibility index (Phi) is 6.05. The third kappa shape index (κ3) is 4.78. The summed E-state index contributed by atoms with van der Waals surface area (Å²) in [5.41, 5.74) is 5.51. The molecule has 9 heteroatoms. The number of hydrogen-bond acceptors (Lipinski definition) is 8. The van der Waals surface area contributed by atoms with Crippen LogP contribution in [-0.4, -0.2) is 39.1 Å². The first-order valence-corrected chi connectivity index (χ1v) is 12.8. The molecule has 0 amide bonds. The van der Waals surface area contributed by atoms with Crippen molar-refractivity contribution in [2.75, 3.05) is 28.2 Å². The molecular weight excluding hydrogens is 470 g/mol. The monoisotopic (exact) mass is 495 g/mol. The summed E-state index contributed by atoms with van der Waals surface area (Å²) in [6.45, 7) is 2.38. The van der Waals surface area contributed by atoms with E-state index in [1.807, 2.05) is 48.0 Å². The predicted molar refractivity (Wildman–Crippen MR) is 145 cm³/mol. The highest BCUT2D eigenvalue weighted by atomic mass is 32.1. The molecule has 36 heavy (non-hydrogen) atoms. The van der Waals surface area contributed by atoms with Gasteiger partial charge in [0.15, 0.2) is 0 Å². The molecule has 1 fully saturated rings. The number of thiazole rings is 1. The quantitative estimate of drug-likeness (QED) is 0.335. The van der Waals surface area contributed by atoms with Gasteiger partial charge in [0.05, 0.1) is 21.8 Å². The molecule has 2 aromatic heterocycles. The lowest BCUT2D eigenvalue weighted by molar-refractivity contribution is 0.616. The second-order valence-corrected chi connectivity index (χ2v) is 9.69. The number of rotatable bonds is 7. The van der Waals surface area contributed by atoms with Gasteiger partial charge in [-0.3, -0.25) is 4.98 Å². The number of nitrogens with one attached hydrogen (secondary N) is 2. The zero-order valence-corrected chi connectivity index (χ0v) is 20.4. The van der Waals surface area contributed by atoms with Gasteiger partial charge in [0, 0.05) is 31.0 Å². The van der Waals surface area contributed by atoms with Gasteiger partial charge in [0.25, 0.3) is 0 Å². The second kappa shape index (κ2) is 9.79. The van der Waals surface area contributed by atoms with E-state index in [1.54, 1.807) is 11.3 Å². The Hall–Kier alpha value is -4.24. The number of anilines is 4. The Balaban J connectivity index is 1.31. The van der Waals surface area contributed by atoms with E-state index in [1.165, 1.54) is 5.69 Å². The number of nitrogens with zero attached hydrogens (tertiary/aromatic N) is 5. The Bertz CT molecular complexity index is 1520. The summed E-state index contributed by atoms with van der Waals surface area (Å²) in [6, 6.07) is 26.7. The fourth-order valence-electron chi connectivity index (χ4n) is 4.64. The number of H-pyrrole nitrogens is 1. The van der Waals surface area contributed by atoms with E-state index in [0.717, 1.165) is 41.0 Å². The lowest BCUT2D eigenvalue weighted by atomic mass is 10.1. The standard InChI is InChI=1S/C27H25N7OS/c35-27-31-25(29-20-11-12-23-24(15-20)36-18-28-23)30-26(32-27)34(16-19-7-3-1-4-8-19)22-13-14-33(17-22)21-9-5-2-6-10-21/h1-12,15,18,22H,13-14,16-17H2,(H2,29,30,31,32,35). The van der Waals surface area contributed by atoms with Crippen molar-refractivity contribution in [1.29, 1.82) is 0 Å². The van der Waals surface area contributed by atoms with Crippen molar-refractivity contribution in [3.63, 3.8) is 0 Å². The highest BCUT2D eigenvalue weighted by molar-refractivity contribution is 7.16. The van der Waals surface area contributed by atoms with Crippen LogP contribution in [0.15, 0.2) is 89.2 Å². The Morgan fingerprint density at radius 1 is 1.03 bits per heavy atom. The molecule has 2 N–H and O–H groups in total. The molecule has 1 aliphatic heterocycles. The van der Waals surface area contributed by atoms with Crippen LogP contribution in [0.5, 0.6) is 0 Å². The lowest BCUT2D eigenvalue weighted by Gasteiger charge is -2.29. The predicted octanol–water partition coefficient (Wildman–Crippen LogP) is 4.80. The topological polar surface area (TPSA) is 90.0 Å². The molecule has 1 saturated heterocycles. The molecule has 3 heterocycles.